The van der Waals surface area contributed by atoms with Crippen LogP contribution < -0.4 is 10.2 Å². The van der Waals surface area contributed by atoms with E-state index in [9.17, 15) is 0 Å². The summed E-state index contributed by atoms with van der Waals surface area (Å²) in [6.45, 7) is 5.93. The van der Waals surface area contributed by atoms with Crippen LogP contribution in [0.5, 0.6) is 0 Å². The third-order valence-corrected chi connectivity index (χ3v) is 3.35. The lowest BCUT2D eigenvalue weighted by molar-refractivity contribution is 0.139. The molecular formula is C13H22N4O. The van der Waals surface area contributed by atoms with Crippen molar-refractivity contribution < 1.29 is 4.74 Å². The largest absolute Gasteiger partial charge is 0.384 e. The van der Waals surface area contributed by atoms with E-state index in [1.165, 1.54) is 12.8 Å². The smallest absolute Gasteiger partial charge is 0.134 e. The van der Waals surface area contributed by atoms with Gasteiger partial charge in [0.15, 0.2) is 0 Å². The SMILES string of the molecule is CCNc1cc(N2CCC(COC)CC2)ncn1. The average molecular weight is 250 g/mol. The van der Waals surface area contributed by atoms with Crippen molar-refractivity contribution in [2.45, 2.75) is 19.8 Å². The Morgan fingerprint density at radius 1 is 1.39 bits per heavy atom. The molecule has 1 aliphatic heterocycles. The summed E-state index contributed by atoms with van der Waals surface area (Å²) >= 11 is 0. The van der Waals surface area contributed by atoms with E-state index in [4.69, 9.17) is 4.74 Å². The first kappa shape index (κ1) is 13.1. The maximum atomic E-state index is 5.22. The standard InChI is InChI=1S/C13H22N4O/c1-3-14-12-8-13(16-10-15-12)17-6-4-11(5-7-17)9-18-2/h8,10-11H,3-7,9H2,1-2H3,(H,14,15,16). The van der Waals surface area contributed by atoms with Gasteiger partial charge >= 0.3 is 0 Å². The van der Waals surface area contributed by atoms with Crippen LogP contribution in [-0.4, -0.2) is 43.3 Å². The number of anilines is 2. The van der Waals surface area contributed by atoms with Crippen LogP contribution in [0.15, 0.2) is 12.4 Å². The van der Waals surface area contributed by atoms with Crippen molar-refractivity contribution in [2.75, 3.05) is 43.6 Å². The lowest BCUT2D eigenvalue weighted by atomic mass is 9.98. The monoisotopic (exact) mass is 250 g/mol. The van der Waals surface area contributed by atoms with Gasteiger partial charge in [0.1, 0.15) is 18.0 Å². The van der Waals surface area contributed by atoms with Gasteiger partial charge in [-0.15, -0.1) is 0 Å². The van der Waals surface area contributed by atoms with Crippen LogP contribution in [0.4, 0.5) is 11.6 Å². The molecule has 0 spiro atoms. The summed E-state index contributed by atoms with van der Waals surface area (Å²) in [5.74, 6) is 2.62. The lowest BCUT2D eigenvalue weighted by Crippen LogP contribution is -2.35. The molecule has 0 amide bonds. The number of nitrogens with zero attached hydrogens (tertiary/aromatic N) is 3. The molecular weight excluding hydrogens is 228 g/mol. The van der Waals surface area contributed by atoms with Crippen molar-refractivity contribution in [1.29, 1.82) is 0 Å². The Balaban J connectivity index is 1.94. The van der Waals surface area contributed by atoms with Gasteiger partial charge < -0.3 is 15.0 Å². The first-order valence-electron chi connectivity index (χ1n) is 6.63. The molecule has 0 atom stereocenters. The molecule has 1 saturated heterocycles. The summed E-state index contributed by atoms with van der Waals surface area (Å²) in [5.41, 5.74) is 0. The number of aromatic nitrogens is 2. The fraction of sp³-hybridized carbons (Fsp3) is 0.692. The minimum atomic E-state index is 0.696. The van der Waals surface area contributed by atoms with Crippen LogP contribution in [0.25, 0.3) is 0 Å². The number of piperidine rings is 1. The molecule has 2 heterocycles. The Morgan fingerprint density at radius 3 is 2.83 bits per heavy atom. The van der Waals surface area contributed by atoms with Crippen molar-refractivity contribution in [1.82, 2.24) is 9.97 Å². The zero-order valence-corrected chi connectivity index (χ0v) is 11.2. The van der Waals surface area contributed by atoms with E-state index in [0.29, 0.717) is 5.92 Å². The maximum absolute atomic E-state index is 5.22. The van der Waals surface area contributed by atoms with E-state index >= 15 is 0 Å². The fourth-order valence-electron chi connectivity index (χ4n) is 2.36. The number of methoxy groups -OCH3 is 1. The predicted molar refractivity (Wildman–Crippen MR) is 73.0 cm³/mol. The van der Waals surface area contributed by atoms with E-state index in [-0.39, 0.29) is 0 Å². The zero-order chi connectivity index (χ0) is 12.8. The molecule has 2 rings (SSSR count). The number of hydrogen-bond donors (Lipinski definition) is 1. The van der Waals surface area contributed by atoms with Gasteiger partial charge in [-0.1, -0.05) is 0 Å². The predicted octanol–water partition coefficient (Wildman–Crippen LogP) is 1.77. The molecule has 0 radical (unpaired) electrons. The highest BCUT2D eigenvalue weighted by Gasteiger charge is 2.20. The quantitative estimate of drug-likeness (QED) is 0.863. The first-order valence-corrected chi connectivity index (χ1v) is 6.63. The second-order valence-electron chi connectivity index (χ2n) is 4.68. The lowest BCUT2D eigenvalue weighted by Gasteiger charge is -2.32. The molecule has 5 heteroatoms. The number of ether oxygens (including phenoxy) is 1. The topological polar surface area (TPSA) is 50.3 Å². The molecule has 0 aliphatic carbocycles. The van der Waals surface area contributed by atoms with Crippen LogP contribution >= 0.6 is 0 Å². The average Bonchev–Trinajstić information content (AvgIpc) is 2.41. The highest BCUT2D eigenvalue weighted by molar-refractivity contribution is 5.48. The molecule has 0 bridgehead atoms. The van der Waals surface area contributed by atoms with Crippen molar-refractivity contribution >= 4 is 11.6 Å². The molecule has 1 fully saturated rings. The second kappa shape index (κ2) is 6.54. The Kier molecular flexibility index (Phi) is 4.75. The van der Waals surface area contributed by atoms with Gasteiger partial charge in [-0.25, -0.2) is 9.97 Å². The van der Waals surface area contributed by atoms with Crippen LogP contribution in [-0.2, 0) is 4.74 Å². The van der Waals surface area contributed by atoms with Crippen LogP contribution in [0.2, 0.25) is 0 Å². The summed E-state index contributed by atoms with van der Waals surface area (Å²) in [5, 5.41) is 3.22. The van der Waals surface area contributed by atoms with E-state index in [1.807, 2.05) is 6.07 Å². The van der Waals surface area contributed by atoms with Crippen molar-refractivity contribution in [3.05, 3.63) is 12.4 Å². The van der Waals surface area contributed by atoms with Gasteiger partial charge in [-0.3, -0.25) is 0 Å². The van der Waals surface area contributed by atoms with Crippen molar-refractivity contribution in [3.63, 3.8) is 0 Å². The summed E-state index contributed by atoms with van der Waals surface area (Å²) in [6.07, 6.45) is 3.98. The Labute approximate surface area is 109 Å². The summed E-state index contributed by atoms with van der Waals surface area (Å²) in [6, 6.07) is 2.03. The van der Waals surface area contributed by atoms with Crippen LogP contribution in [0.3, 0.4) is 0 Å². The van der Waals surface area contributed by atoms with Gasteiger partial charge in [-0.05, 0) is 25.7 Å². The minimum Gasteiger partial charge on any atom is -0.384 e. The molecule has 1 aliphatic rings. The van der Waals surface area contributed by atoms with Gasteiger partial charge in [0.05, 0.1) is 0 Å². The first-order chi connectivity index (χ1) is 8.83. The molecule has 1 N–H and O–H groups in total. The summed E-state index contributed by atoms with van der Waals surface area (Å²) in [7, 11) is 1.78. The summed E-state index contributed by atoms with van der Waals surface area (Å²) in [4.78, 5) is 10.9. The normalized spacial score (nSPS) is 16.9. The van der Waals surface area contributed by atoms with E-state index in [2.05, 4.69) is 27.1 Å². The maximum Gasteiger partial charge on any atom is 0.134 e. The molecule has 0 saturated carbocycles. The Morgan fingerprint density at radius 2 is 2.17 bits per heavy atom. The molecule has 1 aromatic rings. The van der Waals surface area contributed by atoms with Gasteiger partial charge in [-0.2, -0.15) is 0 Å². The Bertz CT molecular complexity index is 364. The van der Waals surface area contributed by atoms with Crippen LogP contribution in [0.1, 0.15) is 19.8 Å². The molecule has 5 nitrogen and oxygen atoms in total. The molecule has 0 unspecified atom stereocenters. The van der Waals surface area contributed by atoms with Gasteiger partial charge in [0, 0.05) is 39.4 Å². The molecule has 100 valence electrons. The summed E-state index contributed by atoms with van der Waals surface area (Å²) < 4.78 is 5.22. The second-order valence-corrected chi connectivity index (χ2v) is 4.68. The van der Waals surface area contributed by atoms with Crippen LogP contribution in [0, 0.1) is 5.92 Å². The van der Waals surface area contributed by atoms with Crippen molar-refractivity contribution in [2.24, 2.45) is 5.92 Å². The molecule has 0 aromatic carbocycles. The third-order valence-electron chi connectivity index (χ3n) is 3.35. The number of nitrogens with one attached hydrogen (secondary N) is 1. The van der Waals surface area contributed by atoms with Gasteiger partial charge in [0.2, 0.25) is 0 Å². The van der Waals surface area contributed by atoms with E-state index < -0.39 is 0 Å². The molecule has 1 aromatic heterocycles. The highest BCUT2D eigenvalue weighted by atomic mass is 16.5. The highest BCUT2D eigenvalue weighted by Crippen LogP contribution is 2.22. The van der Waals surface area contributed by atoms with E-state index in [0.717, 1.165) is 37.9 Å². The minimum absolute atomic E-state index is 0.696. The molecule has 18 heavy (non-hydrogen) atoms. The van der Waals surface area contributed by atoms with Gasteiger partial charge in [0.25, 0.3) is 0 Å². The van der Waals surface area contributed by atoms with E-state index in [1.54, 1.807) is 13.4 Å². The number of hydrogen-bond acceptors (Lipinski definition) is 5. The zero-order valence-electron chi connectivity index (χ0n) is 11.2. The Hall–Kier alpha value is -1.36. The van der Waals surface area contributed by atoms with Crippen molar-refractivity contribution in [3.8, 4) is 0 Å². The third kappa shape index (κ3) is 3.32. The fourth-order valence-corrected chi connectivity index (χ4v) is 2.36. The number of rotatable bonds is 5.